The summed E-state index contributed by atoms with van der Waals surface area (Å²) in [6.07, 6.45) is 1.52. The number of nitrogens with two attached hydrogens (primary N) is 1. The van der Waals surface area contributed by atoms with Crippen LogP contribution < -0.4 is 5.73 Å². The van der Waals surface area contributed by atoms with E-state index in [-0.39, 0.29) is 23.7 Å². The van der Waals surface area contributed by atoms with Crippen molar-refractivity contribution in [3.05, 3.63) is 35.2 Å². The summed E-state index contributed by atoms with van der Waals surface area (Å²) in [7, 11) is 0. The van der Waals surface area contributed by atoms with Gasteiger partial charge in [0, 0.05) is 17.8 Å². The third kappa shape index (κ3) is 3.23. The Morgan fingerprint density at radius 3 is 2.90 bits per heavy atom. The number of thiophene rings is 1. The monoisotopic (exact) mass is 324 g/mol. The molecule has 2 N–H and O–H groups in total. The molecule has 5 heteroatoms. The standard InChI is InChI=1S/C16H20N2OS.ClH/c1-16(10-17)6-7-18(11-16)15(19)8-12-9-20-14-5-3-2-4-13(12)14;/h2-5,9H,6-8,10-11,17H2,1H3;1H. The second kappa shape index (κ2) is 6.34. The second-order valence-electron chi connectivity index (χ2n) is 6.01. The van der Waals surface area contributed by atoms with E-state index in [9.17, 15) is 4.79 Å². The molecule has 1 amide bonds. The fourth-order valence-corrected chi connectivity index (χ4v) is 3.81. The van der Waals surface area contributed by atoms with Crippen molar-refractivity contribution in [1.29, 1.82) is 0 Å². The summed E-state index contributed by atoms with van der Waals surface area (Å²) in [5.41, 5.74) is 7.06. The SMILES string of the molecule is CC1(CN)CCN(C(=O)Cc2csc3ccccc23)C1.Cl. The Labute approximate surface area is 135 Å². The Bertz CT molecular complexity index is 642. The largest absolute Gasteiger partial charge is 0.342 e. The highest BCUT2D eigenvalue weighted by Crippen LogP contribution is 2.30. The van der Waals surface area contributed by atoms with Gasteiger partial charge in [0.2, 0.25) is 5.91 Å². The van der Waals surface area contributed by atoms with E-state index in [4.69, 9.17) is 5.73 Å². The normalized spacial score (nSPS) is 21.5. The van der Waals surface area contributed by atoms with Crippen LogP contribution in [0.2, 0.25) is 0 Å². The van der Waals surface area contributed by atoms with Gasteiger partial charge in [-0.05, 0) is 40.8 Å². The molecule has 114 valence electrons. The van der Waals surface area contributed by atoms with E-state index in [0.29, 0.717) is 13.0 Å². The van der Waals surface area contributed by atoms with E-state index in [2.05, 4.69) is 24.4 Å². The summed E-state index contributed by atoms with van der Waals surface area (Å²) in [5, 5.41) is 3.33. The van der Waals surface area contributed by atoms with Gasteiger partial charge in [-0.15, -0.1) is 23.7 Å². The topological polar surface area (TPSA) is 46.3 Å². The molecule has 0 spiro atoms. The van der Waals surface area contributed by atoms with Crippen LogP contribution in [0.5, 0.6) is 0 Å². The molecule has 1 aliphatic heterocycles. The van der Waals surface area contributed by atoms with Gasteiger partial charge >= 0.3 is 0 Å². The first kappa shape index (κ1) is 16.3. The lowest BCUT2D eigenvalue weighted by Crippen LogP contribution is -2.35. The number of nitrogens with zero attached hydrogens (tertiary/aromatic N) is 1. The third-order valence-corrected chi connectivity index (χ3v) is 5.32. The highest BCUT2D eigenvalue weighted by Gasteiger charge is 2.34. The minimum atomic E-state index is 0. The fraction of sp³-hybridized carbons (Fsp3) is 0.438. The van der Waals surface area contributed by atoms with E-state index < -0.39 is 0 Å². The summed E-state index contributed by atoms with van der Waals surface area (Å²) in [5.74, 6) is 0.228. The average Bonchev–Trinajstić information content (AvgIpc) is 3.04. The first-order valence-corrected chi connectivity index (χ1v) is 7.92. The molecular weight excluding hydrogens is 304 g/mol. The zero-order valence-corrected chi connectivity index (χ0v) is 13.8. The van der Waals surface area contributed by atoms with Crippen molar-refractivity contribution in [3.8, 4) is 0 Å². The number of carbonyl (C=O) groups excluding carboxylic acids is 1. The minimum Gasteiger partial charge on any atom is -0.342 e. The van der Waals surface area contributed by atoms with Crippen molar-refractivity contribution < 1.29 is 4.79 Å². The van der Waals surface area contributed by atoms with Gasteiger partial charge in [0.05, 0.1) is 6.42 Å². The van der Waals surface area contributed by atoms with Crippen LogP contribution in [0.1, 0.15) is 18.9 Å². The molecule has 1 atom stereocenters. The van der Waals surface area contributed by atoms with Gasteiger partial charge in [0.25, 0.3) is 0 Å². The molecule has 3 nitrogen and oxygen atoms in total. The highest BCUT2D eigenvalue weighted by molar-refractivity contribution is 7.17. The Hall–Kier alpha value is -1.10. The van der Waals surface area contributed by atoms with Crippen molar-refractivity contribution in [1.82, 2.24) is 4.90 Å². The predicted molar refractivity (Wildman–Crippen MR) is 91.1 cm³/mol. The Balaban J connectivity index is 0.00000161. The lowest BCUT2D eigenvalue weighted by molar-refractivity contribution is -0.129. The van der Waals surface area contributed by atoms with E-state index >= 15 is 0 Å². The van der Waals surface area contributed by atoms with Crippen LogP contribution in [0.25, 0.3) is 10.1 Å². The molecule has 3 rings (SSSR count). The van der Waals surface area contributed by atoms with Crippen LogP contribution in [0, 0.1) is 5.41 Å². The zero-order valence-electron chi connectivity index (χ0n) is 12.2. The van der Waals surface area contributed by atoms with Crippen LogP contribution in [0.4, 0.5) is 0 Å². The summed E-state index contributed by atoms with van der Waals surface area (Å²) in [4.78, 5) is 14.4. The summed E-state index contributed by atoms with van der Waals surface area (Å²) >= 11 is 1.71. The van der Waals surface area contributed by atoms with Gasteiger partial charge in [-0.3, -0.25) is 4.79 Å². The zero-order chi connectivity index (χ0) is 14.2. The van der Waals surface area contributed by atoms with Crippen molar-refractivity contribution in [3.63, 3.8) is 0 Å². The number of fused-ring (bicyclic) bond motifs is 1. The number of hydrogen-bond donors (Lipinski definition) is 1. The Morgan fingerprint density at radius 2 is 2.19 bits per heavy atom. The molecule has 0 aliphatic carbocycles. The Morgan fingerprint density at radius 1 is 1.43 bits per heavy atom. The maximum absolute atomic E-state index is 12.4. The number of rotatable bonds is 3. The molecule has 2 aromatic rings. The number of halogens is 1. The van der Waals surface area contributed by atoms with Gasteiger partial charge in [-0.1, -0.05) is 25.1 Å². The summed E-state index contributed by atoms with van der Waals surface area (Å²) < 4.78 is 1.25. The van der Waals surface area contributed by atoms with E-state index in [1.54, 1.807) is 11.3 Å². The third-order valence-electron chi connectivity index (χ3n) is 4.31. The molecule has 0 saturated carbocycles. The second-order valence-corrected chi connectivity index (χ2v) is 6.93. The number of likely N-dealkylation sites (tertiary alicyclic amines) is 1. The molecule has 21 heavy (non-hydrogen) atoms. The van der Waals surface area contributed by atoms with Gasteiger partial charge < -0.3 is 10.6 Å². The quantitative estimate of drug-likeness (QED) is 0.943. The van der Waals surface area contributed by atoms with Crippen molar-refractivity contribution in [2.45, 2.75) is 19.8 Å². The maximum atomic E-state index is 12.4. The molecular formula is C16H21ClN2OS. The van der Waals surface area contributed by atoms with E-state index in [1.165, 1.54) is 10.1 Å². The van der Waals surface area contributed by atoms with Crippen LogP contribution in [0.15, 0.2) is 29.6 Å². The summed E-state index contributed by atoms with van der Waals surface area (Å²) in [6.45, 7) is 4.46. The molecule has 1 unspecified atom stereocenters. The number of hydrogen-bond acceptors (Lipinski definition) is 3. The van der Waals surface area contributed by atoms with E-state index in [1.807, 2.05) is 17.0 Å². The van der Waals surface area contributed by atoms with Crippen LogP contribution in [-0.2, 0) is 11.2 Å². The maximum Gasteiger partial charge on any atom is 0.227 e. The minimum absolute atomic E-state index is 0. The molecule has 1 aromatic carbocycles. The van der Waals surface area contributed by atoms with Gasteiger partial charge in [-0.25, -0.2) is 0 Å². The average molecular weight is 325 g/mol. The Kier molecular flexibility index (Phi) is 4.91. The van der Waals surface area contributed by atoms with Gasteiger partial charge in [0.15, 0.2) is 0 Å². The highest BCUT2D eigenvalue weighted by atomic mass is 35.5. The van der Waals surface area contributed by atoms with Crippen molar-refractivity contribution in [2.75, 3.05) is 19.6 Å². The number of benzene rings is 1. The molecule has 0 radical (unpaired) electrons. The van der Waals surface area contributed by atoms with E-state index in [0.717, 1.165) is 25.1 Å². The smallest absolute Gasteiger partial charge is 0.227 e. The number of amides is 1. The molecule has 0 bridgehead atoms. The molecule has 1 saturated heterocycles. The molecule has 1 aliphatic rings. The van der Waals surface area contributed by atoms with Crippen LogP contribution >= 0.6 is 23.7 Å². The first-order valence-electron chi connectivity index (χ1n) is 7.04. The van der Waals surface area contributed by atoms with Crippen molar-refractivity contribution >= 4 is 39.7 Å². The van der Waals surface area contributed by atoms with Gasteiger partial charge in [-0.2, -0.15) is 0 Å². The van der Waals surface area contributed by atoms with Crippen LogP contribution in [0.3, 0.4) is 0 Å². The molecule has 1 fully saturated rings. The summed E-state index contributed by atoms with van der Waals surface area (Å²) in [6, 6.07) is 8.28. The fourth-order valence-electron chi connectivity index (χ4n) is 2.85. The molecule has 1 aromatic heterocycles. The predicted octanol–water partition coefficient (Wildman–Crippen LogP) is 3.06. The van der Waals surface area contributed by atoms with Crippen LogP contribution in [-0.4, -0.2) is 30.4 Å². The molecule has 2 heterocycles. The lowest BCUT2D eigenvalue weighted by atomic mass is 9.90. The van der Waals surface area contributed by atoms with Crippen molar-refractivity contribution in [2.24, 2.45) is 11.1 Å². The van der Waals surface area contributed by atoms with Gasteiger partial charge in [0.1, 0.15) is 0 Å². The first-order chi connectivity index (χ1) is 9.61. The lowest BCUT2D eigenvalue weighted by Gasteiger charge is -2.22. The number of carbonyl (C=O) groups is 1.